The number of benzene rings is 8. The maximum atomic E-state index is 13.0. The van der Waals surface area contributed by atoms with Crippen molar-refractivity contribution in [2.24, 2.45) is 21.8 Å². The molecule has 0 saturated carbocycles. The third kappa shape index (κ3) is 16.8. The van der Waals surface area contributed by atoms with Crippen molar-refractivity contribution in [3.05, 3.63) is 277 Å². The SMILES string of the molecule is Cc1cc2ccccc2cc1C#N.Cc1cc2ccccc2cc1F.Cc1ccc2c(c1)C(N)=NOC2.Cc1ccc2c(c1)C(N)=NOC2.Cc1ccc2c(n1)CCCC2.Cc1ccc2cc(Cl)ccc2c1.Cc1ccc2cccnc2n1. The molecule has 0 bridgehead atoms. The number of oxime groups is 2. The molecule has 10 nitrogen and oxygen atoms in total. The Labute approximate surface area is 490 Å². The standard InChI is InChI=1S/C12H9N.C11H9Cl.C11H9F.C10H13N.2C9H10N2O.C9H8N2/c1-9-6-10-4-2-3-5-11(10)7-12(9)8-13;1-8-2-3-10-7-11(12)5-4-9(10)6-8;1-8-6-9-4-2-3-5-10(9)7-11(8)12;1-8-6-7-9-4-2-3-5-10(9)11-8;2*1-6-2-3-7-5-12-11-9(10)8(7)4-6;1-7-4-5-8-3-2-6-10-9(8)11-7/h2-7H,1H3;2*2-7H,1H3;6-7H,2-5H2,1H3;2*2-4H,5H2,1H3,(H2,10,11);2-6H,1H3. The fourth-order valence-corrected chi connectivity index (χ4v) is 9.61. The van der Waals surface area contributed by atoms with Crippen molar-refractivity contribution in [2.45, 2.75) is 87.4 Å². The van der Waals surface area contributed by atoms with Crippen LogP contribution >= 0.6 is 11.6 Å². The van der Waals surface area contributed by atoms with E-state index in [1.807, 2.05) is 167 Å². The summed E-state index contributed by atoms with van der Waals surface area (Å²) >= 11 is 5.86. The molecule has 3 aliphatic rings. The van der Waals surface area contributed by atoms with Gasteiger partial charge in [-0.1, -0.05) is 148 Å². The van der Waals surface area contributed by atoms with Crippen molar-refractivity contribution >= 4 is 66.6 Å². The van der Waals surface area contributed by atoms with Crippen LogP contribution in [0.15, 0.2) is 198 Å². The first-order valence-corrected chi connectivity index (χ1v) is 27.9. The highest BCUT2D eigenvalue weighted by Crippen LogP contribution is 2.23. The molecule has 4 N–H and O–H groups in total. The molecule has 0 amide bonds. The number of hydrogen-bond acceptors (Lipinski definition) is 10. The van der Waals surface area contributed by atoms with Crippen LogP contribution in [-0.4, -0.2) is 26.6 Å². The van der Waals surface area contributed by atoms with E-state index >= 15 is 0 Å². The molecular weight excluding hydrogens is 1050 g/mol. The molecule has 418 valence electrons. The summed E-state index contributed by atoms with van der Waals surface area (Å²) in [5.41, 5.74) is 27.5. The maximum absolute atomic E-state index is 13.0. The van der Waals surface area contributed by atoms with Crippen molar-refractivity contribution < 1.29 is 14.1 Å². The average Bonchev–Trinajstić information content (AvgIpc) is 3.54. The van der Waals surface area contributed by atoms with E-state index in [0.717, 1.165) is 77.0 Å². The molecule has 0 atom stereocenters. The van der Waals surface area contributed by atoms with Gasteiger partial charge in [0.25, 0.3) is 0 Å². The lowest BCUT2D eigenvalue weighted by molar-refractivity contribution is 0.125. The second-order valence-electron chi connectivity index (χ2n) is 20.7. The number of aryl methyl sites for hydroxylation is 9. The van der Waals surface area contributed by atoms with Crippen molar-refractivity contribution in [1.82, 2.24) is 15.0 Å². The van der Waals surface area contributed by atoms with Crippen LogP contribution in [0.2, 0.25) is 5.02 Å². The molecule has 0 fully saturated rings. The summed E-state index contributed by atoms with van der Waals surface area (Å²) in [6.45, 7) is 15.0. The van der Waals surface area contributed by atoms with Gasteiger partial charge in [0.1, 0.15) is 19.0 Å². The van der Waals surface area contributed by atoms with Gasteiger partial charge in [-0.25, -0.2) is 14.4 Å². The van der Waals surface area contributed by atoms with Gasteiger partial charge in [-0.05, 0) is 196 Å². The molecular formula is C71H68ClFN8O2. The monoisotopic (exact) mass is 1120 g/mol. The summed E-state index contributed by atoms with van der Waals surface area (Å²) in [6, 6.07) is 62.2. The molecule has 5 heterocycles. The molecule has 14 rings (SSSR count). The van der Waals surface area contributed by atoms with E-state index < -0.39 is 0 Å². The van der Waals surface area contributed by atoms with E-state index in [9.17, 15) is 4.39 Å². The van der Waals surface area contributed by atoms with Crippen molar-refractivity contribution in [3.8, 4) is 6.07 Å². The number of pyridine rings is 3. The number of hydrogen-bond donors (Lipinski definition) is 2. The first-order valence-electron chi connectivity index (χ1n) is 27.6. The Bertz CT molecular complexity index is 4020. The highest BCUT2D eigenvalue weighted by molar-refractivity contribution is 6.31. The Balaban J connectivity index is 0.000000127. The molecule has 0 unspecified atom stereocenters. The molecule has 1 aliphatic carbocycles. The highest BCUT2D eigenvalue weighted by Gasteiger charge is 2.14. The predicted molar refractivity (Wildman–Crippen MR) is 339 cm³/mol. The van der Waals surface area contributed by atoms with Gasteiger partial charge in [0.15, 0.2) is 17.3 Å². The van der Waals surface area contributed by atoms with Crippen LogP contribution in [0.25, 0.3) is 43.4 Å². The molecule has 0 saturated heterocycles. The van der Waals surface area contributed by atoms with Crippen LogP contribution in [0.1, 0.15) is 91.1 Å². The van der Waals surface area contributed by atoms with Crippen molar-refractivity contribution in [3.63, 3.8) is 0 Å². The summed E-state index contributed by atoms with van der Waals surface area (Å²) < 4.78 is 13.0. The van der Waals surface area contributed by atoms with Crippen LogP contribution in [0.4, 0.5) is 4.39 Å². The minimum absolute atomic E-state index is 0.131. The maximum Gasteiger partial charge on any atom is 0.170 e. The van der Waals surface area contributed by atoms with Crippen molar-refractivity contribution in [1.29, 1.82) is 5.26 Å². The molecule has 0 radical (unpaired) electrons. The molecule has 3 aromatic heterocycles. The Morgan fingerprint density at radius 1 is 0.482 bits per heavy atom. The molecule has 0 spiro atoms. The van der Waals surface area contributed by atoms with E-state index in [4.69, 9.17) is 38.0 Å². The topological polar surface area (TPSA) is 158 Å². The quantitative estimate of drug-likeness (QED) is 0.152. The number of amidine groups is 2. The van der Waals surface area contributed by atoms with Gasteiger partial charge in [-0.2, -0.15) is 5.26 Å². The second-order valence-corrected chi connectivity index (χ2v) is 21.1. The van der Waals surface area contributed by atoms with Crippen LogP contribution in [0.3, 0.4) is 0 Å². The lowest BCUT2D eigenvalue weighted by Gasteiger charge is -2.14. The lowest BCUT2D eigenvalue weighted by atomic mass is 9.96. The number of nitrogens with two attached hydrogens (primary N) is 2. The zero-order valence-corrected chi connectivity index (χ0v) is 48.8. The largest absolute Gasteiger partial charge is 0.389 e. The van der Waals surface area contributed by atoms with Crippen molar-refractivity contribution in [2.75, 3.05) is 0 Å². The van der Waals surface area contributed by atoms with Gasteiger partial charge in [0, 0.05) is 55.9 Å². The summed E-state index contributed by atoms with van der Waals surface area (Å²) in [7, 11) is 0. The summed E-state index contributed by atoms with van der Waals surface area (Å²) in [6.07, 6.45) is 6.86. The van der Waals surface area contributed by atoms with E-state index in [1.165, 1.54) is 69.8 Å². The molecule has 8 aromatic carbocycles. The minimum atomic E-state index is -0.131. The zero-order chi connectivity index (χ0) is 58.8. The van der Waals surface area contributed by atoms with Crippen LogP contribution in [0, 0.1) is 65.6 Å². The number of aromatic nitrogens is 3. The number of nitrogens with zero attached hydrogens (tertiary/aromatic N) is 6. The Kier molecular flexibility index (Phi) is 20.7. The van der Waals surface area contributed by atoms with E-state index in [2.05, 4.69) is 81.6 Å². The summed E-state index contributed by atoms with van der Waals surface area (Å²) in [5.74, 6) is 0.814. The Hall–Kier alpha value is -9.50. The van der Waals surface area contributed by atoms with Gasteiger partial charge in [-0.15, -0.1) is 0 Å². The normalized spacial score (nSPS) is 12.3. The first-order chi connectivity index (χ1) is 40.1. The van der Waals surface area contributed by atoms with Crippen LogP contribution in [-0.2, 0) is 35.7 Å². The smallest absolute Gasteiger partial charge is 0.170 e. The third-order valence-corrected chi connectivity index (χ3v) is 14.2. The molecule has 2 aliphatic heterocycles. The predicted octanol–water partition coefficient (Wildman–Crippen LogP) is 16.6. The van der Waals surface area contributed by atoms with E-state index in [1.54, 1.807) is 19.2 Å². The van der Waals surface area contributed by atoms with E-state index in [0.29, 0.717) is 30.4 Å². The summed E-state index contributed by atoms with van der Waals surface area (Å²) in [4.78, 5) is 22.7. The van der Waals surface area contributed by atoms with E-state index in [-0.39, 0.29) is 5.82 Å². The zero-order valence-electron chi connectivity index (χ0n) is 48.1. The molecule has 11 aromatic rings. The Morgan fingerprint density at radius 2 is 0.964 bits per heavy atom. The Morgan fingerprint density at radius 3 is 1.60 bits per heavy atom. The van der Waals surface area contributed by atoms with Gasteiger partial charge in [-0.3, -0.25) is 4.98 Å². The summed E-state index contributed by atoms with van der Waals surface area (Å²) in [5, 5.41) is 25.0. The molecule has 83 heavy (non-hydrogen) atoms. The second kappa shape index (κ2) is 28.8. The number of nitriles is 1. The average molecular weight is 1120 g/mol. The van der Waals surface area contributed by atoms with Gasteiger partial charge in [0.2, 0.25) is 0 Å². The number of halogens is 2. The third-order valence-electron chi connectivity index (χ3n) is 14.0. The fraction of sp³-hybridized carbons (Fsp3) is 0.183. The van der Waals surface area contributed by atoms with Gasteiger partial charge in [0.05, 0.1) is 11.6 Å². The molecule has 12 heteroatoms. The van der Waals surface area contributed by atoms with Crippen LogP contribution in [0.5, 0.6) is 0 Å². The first kappa shape index (κ1) is 59.6. The van der Waals surface area contributed by atoms with Gasteiger partial charge >= 0.3 is 0 Å². The van der Waals surface area contributed by atoms with Crippen LogP contribution < -0.4 is 11.5 Å². The fourth-order valence-electron chi connectivity index (χ4n) is 9.43. The van der Waals surface area contributed by atoms with Gasteiger partial charge < -0.3 is 21.1 Å². The lowest BCUT2D eigenvalue weighted by Crippen LogP contribution is -2.20. The minimum Gasteiger partial charge on any atom is -0.389 e. The highest BCUT2D eigenvalue weighted by atomic mass is 35.5. The number of rotatable bonds is 0. The number of fused-ring (bicyclic) bond motifs is 7.